The highest BCUT2D eigenvalue weighted by atomic mass is 32.2. The molecule has 7 heteroatoms. The second-order valence-electron chi connectivity index (χ2n) is 5.26. The molecule has 1 heterocycles. The summed E-state index contributed by atoms with van der Waals surface area (Å²) in [5.41, 5.74) is -0.0860. The second kappa shape index (κ2) is 6.12. The predicted octanol–water partition coefficient (Wildman–Crippen LogP) is 0.518. The Hall–Kier alpha value is -1.46. The zero-order valence-corrected chi connectivity index (χ0v) is 12.6. The van der Waals surface area contributed by atoms with Gasteiger partial charge >= 0.3 is 0 Å². The Kier molecular flexibility index (Phi) is 4.64. The van der Waals surface area contributed by atoms with Crippen LogP contribution in [0, 0.1) is 11.3 Å². The van der Waals surface area contributed by atoms with Gasteiger partial charge < -0.3 is 9.84 Å². The minimum atomic E-state index is -3.55. The molecular formula is C14H18N2O4S. The van der Waals surface area contributed by atoms with Crippen LogP contribution in [0.15, 0.2) is 24.3 Å². The van der Waals surface area contributed by atoms with Crippen LogP contribution in [0.2, 0.25) is 0 Å². The normalized spacial score (nSPS) is 25.7. The summed E-state index contributed by atoms with van der Waals surface area (Å²) in [7, 11) is -3.55. The van der Waals surface area contributed by atoms with Crippen LogP contribution in [0.3, 0.4) is 0 Å². The highest BCUT2D eigenvalue weighted by molar-refractivity contribution is 7.88. The van der Waals surface area contributed by atoms with Crippen molar-refractivity contribution in [3.8, 4) is 6.07 Å². The highest BCUT2D eigenvalue weighted by Gasteiger charge is 2.40. The Bertz CT molecular complexity index is 636. The number of nitriles is 1. The van der Waals surface area contributed by atoms with E-state index in [2.05, 4.69) is 4.72 Å². The van der Waals surface area contributed by atoms with E-state index in [1.54, 1.807) is 31.2 Å². The number of hydrogen-bond donors (Lipinski definition) is 2. The number of ether oxygens (including phenoxy) is 1. The van der Waals surface area contributed by atoms with Gasteiger partial charge in [0, 0.05) is 19.6 Å². The van der Waals surface area contributed by atoms with E-state index in [-0.39, 0.29) is 12.3 Å². The maximum atomic E-state index is 12.0. The van der Waals surface area contributed by atoms with E-state index in [1.165, 1.54) is 0 Å². The van der Waals surface area contributed by atoms with Crippen LogP contribution < -0.4 is 4.72 Å². The van der Waals surface area contributed by atoms with Gasteiger partial charge in [-0.15, -0.1) is 0 Å². The molecule has 0 bridgehead atoms. The standard InChI is InChI=1S/C14H18N2O4S/c1-11-14(17,6-7-20-11)10-16-21(18,19)9-13-4-2-12(8-15)3-5-13/h2-5,11,16-17H,6-7,9-10H2,1H3. The number of nitrogens with zero attached hydrogens (tertiary/aromatic N) is 1. The molecular weight excluding hydrogens is 292 g/mol. The minimum Gasteiger partial charge on any atom is -0.386 e. The smallest absolute Gasteiger partial charge is 0.215 e. The Labute approximate surface area is 124 Å². The lowest BCUT2D eigenvalue weighted by molar-refractivity contribution is -0.0228. The quantitative estimate of drug-likeness (QED) is 0.826. The van der Waals surface area contributed by atoms with Crippen molar-refractivity contribution >= 4 is 10.0 Å². The zero-order chi connectivity index (χ0) is 15.5. The minimum absolute atomic E-state index is 0.0627. The number of nitrogens with one attached hydrogen (secondary N) is 1. The molecule has 114 valence electrons. The van der Waals surface area contributed by atoms with E-state index in [0.29, 0.717) is 24.2 Å². The molecule has 1 aromatic rings. The van der Waals surface area contributed by atoms with Gasteiger partial charge in [-0.25, -0.2) is 13.1 Å². The van der Waals surface area contributed by atoms with Crippen molar-refractivity contribution < 1.29 is 18.3 Å². The third-order valence-corrected chi connectivity index (χ3v) is 5.00. The largest absolute Gasteiger partial charge is 0.386 e. The Morgan fingerprint density at radius 1 is 1.48 bits per heavy atom. The molecule has 0 saturated carbocycles. The molecule has 2 rings (SSSR count). The fourth-order valence-corrected chi connectivity index (χ4v) is 3.39. The summed E-state index contributed by atoms with van der Waals surface area (Å²) >= 11 is 0. The fourth-order valence-electron chi connectivity index (χ4n) is 2.18. The van der Waals surface area contributed by atoms with Crippen LogP contribution in [0.4, 0.5) is 0 Å². The van der Waals surface area contributed by atoms with Gasteiger partial charge in [0.05, 0.1) is 23.5 Å². The maximum Gasteiger partial charge on any atom is 0.215 e. The van der Waals surface area contributed by atoms with Gasteiger partial charge in [-0.05, 0) is 24.6 Å². The van der Waals surface area contributed by atoms with Gasteiger partial charge in [-0.1, -0.05) is 12.1 Å². The van der Waals surface area contributed by atoms with Gasteiger partial charge in [0.2, 0.25) is 10.0 Å². The van der Waals surface area contributed by atoms with Crippen molar-refractivity contribution in [2.24, 2.45) is 0 Å². The number of benzene rings is 1. The number of sulfonamides is 1. The third kappa shape index (κ3) is 4.02. The van der Waals surface area contributed by atoms with Gasteiger partial charge in [0.25, 0.3) is 0 Å². The highest BCUT2D eigenvalue weighted by Crippen LogP contribution is 2.25. The fraction of sp³-hybridized carbons (Fsp3) is 0.500. The molecule has 0 amide bonds. The predicted molar refractivity (Wildman–Crippen MR) is 76.8 cm³/mol. The summed E-state index contributed by atoms with van der Waals surface area (Å²) in [5.74, 6) is -0.190. The lowest BCUT2D eigenvalue weighted by Gasteiger charge is -2.26. The Balaban J connectivity index is 1.97. The van der Waals surface area contributed by atoms with Crippen LogP contribution in [-0.4, -0.2) is 38.4 Å². The van der Waals surface area contributed by atoms with Crippen LogP contribution in [0.25, 0.3) is 0 Å². The van der Waals surface area contributed by atoms with Gasteiger partial charge in [-0.2, -0.15) is 5.26 Å². The van der Waals surface area contributed by atoms with Crippen molar-refractivity contribution in [2.75, 3.05) is 13.2 Å². The average Bonchev–Trinajstić information content (AvgIpc) is 2.78. The monoisotopic (exact) mass is 310 g/mol. The van der Waals surface area contributed by atoms with Gasteiger partial charge in [-0.3, -0.25) is 0 Å². The Morgan fingerprint density at radius 2 is 2.14 bits per heavy atom. The molecule has 2 atom stereocenters. The van der Waals surface area contributed by atoms with E-state index < -0.39 is 21.7 Å². The number of aliphatic hydroxyl groups is 1. The summed E-state index contributed by atoms with van der Waals surface area (Å²) < 4.78 is 31.8. The first kappa shape index (κ1) is 15.9. The SMILES string of the molecule is CC1OCCC1(O)CNS(=O)(=O)Cc1ccc(C#N)cc1. The molecule has 2 N–H and O–H groups in total. The first-order chi connectivity index (χ1) is 9.85. The van der Waals surface area contributed by atoms with E-state index in [9.17, 15) is 13.5 Å². The van der Waals surface area contributed by atoms with Crippen molar-refractivity contribution in [2.45, 2.75) is 30.8 Å². The molecule has 2 unspecified atom stereocenters. The zero-order valence-electron chi connectivity index (χ0n) is 11.7. The van der Waals surface area contributed by atoms with E-state index in [0.717, 1.165) is 0 Å². The molecule has 0 radical (unpaired) electrons. The van der Waals surface area contributed by atoms with Crippen molar-refractivity contribution in [1.82, 2.24) is 4.72 Å². The lowest BCUT2D eigenvalue weighted by Crippen LogP contribution is -2.47. The first-order valence-corrected chi connectivity index (χ1v) is 8.30. The van der Waals surface area contributed by atoms with Crippen LogP contribution in [-0.2, 0) is 20.5 Å². The van der Waals surface area contributed by atoms with Crippen molar-refractivity contribution in [3.05, 3.63) is 35.4 Å². The van der Waals surface area contributed by atoms with Crippen LogP contribution in [0.5, 0.6) is 0 Å². The molecule has 0 aliphatic carbocycles. The Morgan fingerprint density at radius 3 is 2.67 bits per heavy atom. The lowest BCUT2D eigenvalue weighted by atomic mass is 9.97. The molecule has 6 nitrogen and oxygen atoms in total. The summed E-state index contributed by atoms with van der Waals surface area (Å²) in [6.45, 7) is 2.09. The summed E-state index contributed by atoms with van der Waals surface area (Å²) in [5, 5.41) is 19.0. The van der Waals surface area contributed by atoms with E-state index in [1.807, 2.05) is 6.07 Å². The summed E-state index contributed by atoms with van der Waals surface area (Å²) in [6.07, 6.45) is 0.0169. The molecule has 0 aromatic heterocycles. The molecule has 1 fully saturated rings. The summed E-state index contributed by atoms with van der Waals surface area (Å²) in [4.78, 5) is 0. The third-order valence-electron chi connectivity index (χ3n) is 3.70. The molecule has 1 saturated heterocycles. The first-order valence-electron chi connectivity index (χ1n) is 6.65. The molecule has 1 aromatic carbocycles. The van der Waals surface area contributed by atoms with Crippen LogP contribution >= 0.6 is 0 Å². The second-order valence-corrected chi connectivity index (χ2v) is 7.06. The van der Waals surface area contributed by atoms with Gasteiger partial charge in [0.15, 0.2) is 0 Å². The molecule has 1 aliphatic heterocycles. The molecule has 1 aliphatic rings. The number of rotatable bonds is 5. The van der Waals surface area contributed by atoms with E-state index >= 15 is 0 Å². The van der Waals surface area contributed by atoms with Crippen molar-refractivity contribution in [3.63, 3.8) is 0 Å². The van der Waals surface area contributed by atoms with E-state index in [4.69, 9.17) is 10.00 Å². The topological polar surface area (TPSA) is 99.4 Å². The van der Waals surface area contributed by atoms with Gasteiger partial charge in [0.1, 0.15) is 5.60 Å². The maximum absolute atomic E-state index is 12.0. The van der Waals surface area contributed by atoms with Crippen molar-refractivity contribution in [1.29, 1.82) is 5.26 Å². The summed E-state index contributed by atoms with van der Waals surface area (Å²) in [6, 6.07) is 8.34. The number of hydrogen-bond acceptors (Lipinski definition) is 5. The average molecular weight is 310 g/mol. The van der Waals surface area contributed by atoms with Crippen LogP contribution in [0.1, 0.15) is 24.5 Å². The molecule has 21 heavy (non-hydrogen) atoms. The molecule has 0 spiro atoms.